The second kappa shape index (κ2) is 10.2. The van der Waals surface area contributed by atoms with Gasteiger partial charge in [-0.1, -0.05) is 30.3 Å². The Labute approximate surface area is 231 Å². The number of anilines is 3. The van der Waals surface area contributed by atoms with E-state index in [0.29, 0.717) is 17.0 Å². The van der Waals surface area contributed by atoms with Crippen molar-refractivity contribution in [3.8, 4) is 16.8 Å². The summed E-state index contributed by atoms with van der Waals surface area (Å²) in [4.78, 5) is 21.9. The van der Waals surface area contributed by atoms with Crippen molar-refractivity contribution in [1.82, 2.24) is 24.1 Å². The van der Waals surface area contributed by atoms with Crippen LogP contribution >= 0.6 is 0 Å². The van der Waals surface area contributed by atoms with Crippen molar-refractivity contribution in [2.45, 2.75) is 25.4 Å². The van der Waals surface area contributed by atoms with Crippen LogP contribution in [0.1, 0.15) is 24.4 Å². The fourth-order valence-corrected chi connectivity index (χ4v) is 4.91. The Bertz CT molecular complexity index is 1920. The lowest BCUT2D eigenvalue weighted by atomic mass is 10.1. The summed E-state index contributed by atoms with van der Waals surface area (Å²) >= 11 is 0. The molecule has 1 atom stereocenters. The van der Waals surface area contributed by atoms with Gasteiger partial charge in [-0.05, 0) is 55.3 Å². The van der Waals surface area contributed by atoms with E-state index in [0.717, 1.165) is 5.56 Å². The van der Waals surface area contributed by atoms with Crippen molar-refractivity contribution in [2.24, 2.45) is 0 Å². The van der Waals surface area contributed by atoms with Gasteiger partial charge >= 0.3 is 15.5 Å². The Morgan fingerprint density at radius 2 is 1.76 bits per heavy atom. The molecule has 0 aliphatic rings. The third kappa shape index (κ3) is 5.18. The number of aryl methyl sites for hydroxylation is 1. The van der Waals surface area contributed by atoms with Crippen molar-refractivity contribution in [1.29, 1.82) is 0 Å². The summed E-state index contributed by atoms with van der Waals surface area (Å²) in [6.45, 7) is 3.56. The number of nitrogen functional groups attached to an aromatic ring is 1. The molecule has 0 aliphatic heterocycles. The van der Waals surface area contributed by atoms with Crippen LogP contribution in [-0.2, 0) is 10.0 Å². The lowest BCUT2D eigenvalue weighted by molar-refractivity contribution is -0.0429. The van der Waals surface area contributed by atoms with Gasteiger partial charge in [-0.3, -0.25) is 14.1 Å². The van der Waals surface area contributed by atoms with E-state index in [4.69, 9.17) is 10.8 Å². The van der Waals surface area contributed by atoms with Gasteiger partial charge < -0.3 is 11.1 Å². The Kier molecular flexibility index (Phi) is 6.90. The minimum Gasteiger partial charge on any atom is -0.383 e. The molecule has 0 saturated carbocycles. The number of alkyl halides is 3. The summed E-state index contributed by atoms with van der Waals surface area (Å²) in [5.74, 6) is 0.494. The smallest absolute Gasteiger partial charge is 0.383 e. The van der Waals surface area contributed by atoms with Gasteiger partial charge in [0.1, 0.15) is 23.5 Å². The van der Waals surface area contributed by atoms with Crippen molar-refractivity contribution in [3.63, 3.8) is 0 Å². The van der Waals surface area contributed by atoms with E-state index >= 15 is 0 Å². The number of hydrogen-bond donors (Lipinski definition) is 3. The Morgan fingerprint density at radius 3 is 2.46 bits per heavy atom. The number of aromatic nitrogens is 5. The molecule has 5 aromatic rings. The number of rotatable bonds is 7. The number of fused-ring (bicyclic) bond motifs is 1. The highest BCUT2D eigenvalue weighted by atomic mass is 32.2. The first kappa shape index (κ1) is 27.6. The fourth-order valence-electron chi connectivity index (χ4n) is 4.35. The maximum Gasteiger partial charge on any atom is 0.516 e. The van der Waals surface area contributed by atoms with Crippen LogP contribution in [0.15, 0.2) is 78.0 Å². The van der Waals surface area contributed by atoms with E-state index in [-0.39, 0.29) is 34.0 Å². The molecule has 5 rings (SSSR count). The zero-order valence-electron chi connectivity index (χ0n) is 21.6. The molecule has 3 heterocycles. The van der Waals surface area contributed by atoms with Gasteiger partial charge in [0.05, 0.1) is 17.3 Å². The van der Waals surface area contributed by atoms with E-state index in [1.165, 1.54) is 44.4 Å². The molecule has 0 spiro atoms. The van der Waals surface area contributed by atoms with Crippen molar-refractivity contribution in [3.05, 3.63) is 94.9 Å². The third-order valence-corrected chi connectivity index (χ3v) is 7.37. The van der Waals surface area contributed by atoms with Crippen molar-refractivity contribution >= 4 is 32.9 Å². The first-order chi connectivity index (χ1) is 19.4. The quantitative estimate of drug-likeness (QED) is 0.257. The Balaban J connectivity index is 1.58. The molecule has 0 unspecified atom stereocenters. The molecule has 0 fully saturated rings. The topological polar surface area (TPSA) is 149 Å². The number of sulfonamides is 1. The molecule has 2 aromatic carbocycles. The highest BCUT2D eigenvalue weighted by Gasteiger charge is 2.46. The molecule has 3 aromatic heterocycles. The van der Waals surface area contributed by atoms with Gasteiger partial charge in [0.15, 0.2) is 5.82 Å². The van der Waals surface area contributed by atoms with E-state index in [2.05, 4.69) is 15.3 Å². The molecule has 11 nitrogen and oxygen atoms in total. The predicted octanol–water partition coefficient (Wildman–Crippen LogP) is 4.27. The number of para-hydroxylation sites is 1. The van der Waals surface area contributed by atoms with Crippen LogP contribution < -0.4 is 21.3 Å². The second-order valence-corrected chi connectivity index (χ2v) is 10.8. The summed E-state index contributed by atoms with van der Waals surface area (Å²) in [6, 6.07) is 15.3. The number of benzene rings is 2. The van der Waals surface area contributed by atoms with Crippen LogP contribution in [0.5, 0.6) is 0 Å². The van der Waals surface area contributed by atoms with Gasteiger partial charge in [-0.25, -0.2) is 14.5 Å². The van der Waals surface area contributed by atoms with Crippen molar-refractivity contribution in [2.75, 3.05) is 15.8 Å². The summed E-state index contributed by atoms with van der Waals surface area (Å²) in [5.41, 5.74) is 2.23. The highest BCUT2D eigenvalue weighted by Crippen LogP contribution is 2.35. The minimum atomic E-state index is -5.65. The standard InChI is InChI=1S/C26H23F3N8O3S/c1-15-11-12-36-21(15)25(38)37(19-9-4-3-5-10-19)24(34-36)16(2)33-23-20(22(30)31-14-32-23)17-7-6-8-18(13-17)35-41(39,40)26(27,28)29/h3-14,16,35H,1-2H3,(H3,30,31,32,33)/t16-/m0/s1. The minimum absolute atomic E-state index is 0.0181. The summed E-state index contributed by atoms with van der Waals surface area (Å²) in [7, 11) is -5.65. The van der Waals surface area contributed by atoms with Gasteiger partial charge in [0.2, 0.25) is 0 Å². The van der Waals surface area contributed by atoms with Gasteiger partial charge in [0.25, 0.3) is 5.56 Å². The second-order valence-electron chi connectivity index (χ2n) is 9.11. The summed E-state index contributed by atoms with van der Waals surface area (Å²) < 4.78 is 66.6. The van der Waals surface area contributed by atoms with Gasteiger partial charge in [0, 0.05) is 11.9 Å². The molecular formula is C26H23F3N8O3S. The Morgan fingerprint density at radius 1 is 1.02 bits per heavy atom. The number of nitrogens with one attached hydrogen (secondary N) is 2. The first-order valence-corrected chi connectivity index (χ1v) is 13.6. The highest BCUT2D eigenvalue weighted by molar-refractivity contribution is 7.93. The van der Waals surface area contributed by atoms with E-state index in [1.54, 1.807) is 43.5 Å². The van der Waals surface area contributed by atoms with E-state index < -0.39 is 21.6 Å². The molecule has 212 valence electrons. The average molecular weight is 585 g/mol. The van der Waals surface area contributed by atoms with Crippen LogP contribution in [0.25, 0.3) is 22.3 Å². The number of nitrogens with zero attached hydrogens (tertiary/aromatic N) is 5. The maximum atomic E-state index is 13.6. The molecule has 0 aliphatic carbocycles. The lowest BCUT2D eigenvalue weighted by Gasteiger charge is -2.21. The predicted molar refractivity (Wildman–Crippen MR) is 148 cm³/mol. The van der Waals surface area contributed by atoms with Crippen LogP contribution in [0, 0.1) is 6.92 Å². The lowest BCUT2D eigenvalue weighted by Crippen LogP contribution is -2.30. The molecule has 0 amide bonds. The maximum absolute atomic E-state index is 13.6. The molecule has 0 bridgehead atoms. The molecule has 15 heteroatoms. The van der Waals surface area contributed by atoms with E-state index in [9.17, 15) is 26.4 Å². The monoisotopic (exact) mass is 584 g/mol. The van der Waals surface area contributed by atoms with Crippen LogP contribution in [-0.4, -0.2) is 38.1 Å². The third-order valence-electron chi connectivity index (χ3n) is 6.25. The van der Waals surface area contributed by atoms with Crippen molar-refractivity contribution < 1.29 is 21.6 Å². The van der Waals surface area contributed by atoms with E-state index in [1.807, 2.05) is 13.0 Å². The van der Waals surface area contributed by atoms with Gasteiger partial charge in [-0.15, -0.1) is 0 Å². The normalized spacial score (nSPS) is 12.8. The molecular weight excluding hydrogens is 561 g/mol. The molecule has 0 saturated heterocycles. The van der Waals surface area contributed by atoms with Crippen LogP contribution in [0.4, 0.5) is 30.5 Å². The molecule has 0 radical (unpaired) electrons. The summed E-state index contributed by atoms with van der Waals surface area (Å²) in [6.07, 6.45) is 2.87. The summed E-state index contributed by atoms with van der Waals surface area (Å²) in [5, 5.41) is 7.87. The number of nitrogens with two attached hydrogens (primary N) is 1. The fraction of sp³-hybridized carbons (Fsp3) is 0.154. The first-order valence-electron chi connectivity index (χ1n) is 12.1. The van der Waals surface area contributed by atoms with Gasteiger partial charge in [-0.2, -0.15) is 26.7 Å². The zero-order valence-corrected chi connectivity index (χ0v) is 22.4. The van der Waals surface area contributed by atoms with Crippen LogP contribution in [0.2, 0.25) is 0 Å². The molecule has 4 N–H and O–H groups in total. The largest absolute Gasteiger partial charge is 0.516 e. The SMILES string of the molecule is Cc1ccn2nc([C@H](C)Nc3ncnc(N)c3-c3cccc(NS(=O)(=O)C(F)(F)F)c3)n(-c3ccccc3)c(=O)c12. The Hall–Kier alpha value is -4.92. The molecule has 41 heavy (non-hydrogen) atoms. The zero-order chi connectivity index (χ0) is 29.5. The average Bonchev–Trinajstić information content (AvgIpc) is 3.29. The number of hydrogen-bond acceptors (Lipinski definition) is 8. The number of halogens is 3. The van der Waals surface area contributed by atoms with Crippen LogP contribution in [0.3, 0.4) is 0 Å².